The molecular weight excluding hydrogens is 460 g/mol. The first-order valence-electron chi connectivity index (χ1n) is 11.3. The Kier molecular flexibility index (Phi) is 7.66. The van der Waals surface area contributed by atoms with Crippen molar-refractivity contribution in [2.75, 3.05) is 21.3 Å². The van der Waals surface area contributed by atoms with E-state index in [-0.39, 0.29) is 0 Å². The Bertz CT molecular complexity index is 1360. The molecule has 0 spiro atoms. The number of rotatable bonds is 8. The van der Waals surface area contributed by atoms with E-state index >= 15 is 0 Å². The highest BCUT2D eigenvalue weighted by Gasteiger charge is 2.17. The molecule has 0 atom stereocenters. The summed E-state index contributed by atoms with van der Waals surface area (Å²) in [6.45, 7) is 3.14. The van der Waals surface area contributed by atoms with Crippen LogP contribution in [0.3, 0.4) is 0 Å². The first-order valence-corrected chi connectivity index (χ1v) is 11.7. The number of hydrogen-bond donors (Lipinski definition) is 2. The molecule has 6 nitrogen and oxygen atoms in total. The Balaban J connectivity index is 1.80. The average Bonchev–Trinajstić information content (AvgIpc) is 2.89. The molecule has 35 heavy (non-hydrogen) atoms. The Morgan fingerprint density at radius 1 is 0.943 bits per heavy atom. The first kappa shape index (κ1) is 24.7. The third-order valence-corrected chi connectivity index (χ3v) is 6.46. The summed E-state index contributed by atoms with van der Waals surface area (Å²) < 4.78 is 11.0. The summed E-state index contributed by atoms with van der Waals surface area (Å²) in [7, 11) is 5.19. The molecule has 3 N–H and O–H groups in total. The Hall–Kier alpha value is -3.45. The molecule has 2 heterocycles. The van der Waals surface area contributed by atoms with Gasteiger partial charge in [-0.25, -0.2) is 4.98 Å². The monoisotopic (exact) mass is 488 g/mol. The minimum Gasteiger partial charge on any atom is -0.496 e. The van der Waals surface area contributed by atoms with E-state index in [4.69, 9.17) is 26.8 Å². The fraction of sp³-hybridized carbons (Fsp3) is 0.214. The van der Waals surface area contributed by atoms with Gasteiger partial charge in [0.1, 0.15) is 5.75 Å². The van der Waals surface area contributed by atoms with Crippen LogP contribution in [0.5, 0.6) is 11.6 Å². The van der Waals surface area contributed by atoms with Crippen molar-refractivity contribution in [3.05, 3.63) is 82.5 Å². The van der Waals surface area contributed by atoms with Crippen molar-refractivity contribution in [3.63, 3.8) is 0 Å². The van der Waals surface area contributed by atoms with E-state index in [1.165, 1.54) is 0 Å². The van der Waals surface area contributed by atoms with E-state index in [9.17, 15) is 0 Å². The van der Waals surface area contributed by atoms with Gasteiger partial charge >= 0.3 is 0 Å². The topological polar surface area (TPSA) is 82.3 Å². The van der Waals surface area contributed by atoms with Crippen LogP contribution >= 0.6 is 11.6 Å². The van der Waals surface area contributed by atoms with E-state index in [0.29, 0.717) is 17.4 Å². The largest absolute Gasteiger partial charge is 0.496 e. The highest BCUT2D eigenvalue weighted by atomic mass is 35.5. The molecule has 7 heteroatoms. The average molecular weight is 489 g/mol. The number of nitrogens with two attached hydrogens (primary N) is 1. The number of nitrogens with one attached hydrogen (secondary N) is 1. The summed E-state index contributed by atoms with van der Waals surface area (Å²) in [5, 5.41) is 3.78. The Morgan fingerprint density at radius 3 is 2.43 bits per heavy atom. The highest BCUT2D eigenvalue weighted by molar-refractivity contribution is 6.36. The lowest BCUT2D eigenvalue weighted by Crippen LogP contribution is -2.06. The zero-order chi connectivity index (χ0) is 24.9. The molecule has 0 unspecified atom stereocenters. The lowest BCUT2D eigenvalue weighted by molar-refractivity contribution is 0.393. The van der Waals surface area contributed by atoms with Crippen LogP contribution in [-0.2, 0) is 13.1 Å². The van der Waals surface area contributed by atoms with Crippen LogP contribution < -0.4 is 20.5 Å². The number of methoxy groups -OCH3 is 2. The highest BCUT2D eigenvalue weighted by Crippen LogP contribution is 2.40. The number of aromatic nitrogens is 2. The molecule has 2 aromatic heterocycles. The van der Waals surface area contributed by atoms with Gasteiger partial charge in [-0.15, -0.1) is 0 Å². The summed E-state index contributed by atoms with van der Waals surface area (Å²) in [6.07, 6.45) is 1.81. The van der Waals surface area contributed by atoms with Gasteiger partial charge in [0.15, 0.2) is 0 Å². The minimum atomic E-state index is 0.351. The van der Waals surface area contributed by atoms with E-state index < -0.39 is 0 Å². The number of pyridine rings is 2. The summed E-state index contributed by atoms with van der Waals surface area (Å²) in [6, 6.07) is 17.9. The van der Waals surface area contributed by atoms with Gasteiger partial charge < -0.3 is 20.5 Å². The van der Waals surface area contributed by atoms with Gasteiger partial charge in [0.2, 0.25) is 5.88 Å². The Labute approximate surface area is 211 Å². The predicted octanol–water partition coefficient (Wildman–Crippen LogP) is 5.63. The van der Waals surface area contributed by atoms with Gasteiger partial charge in [-0.1, -0.05) is 48.0 Å². The molecule has 0 aliphatic heterocycles. The quantitative estimate of drug-likeness (QED) is 0.334. The van der Waals surface area contributed by atoms with Gasteiger partial charge in [-0.2, -0.15) is 0 Å². The van der Waals surface area contributed by atoms with Crippen LogP contribution in [0, 0.1) is 6.92 Å². The smallest absolute Gasteiger partial charge is 0.218 e. The molecular formula is C28H29ClN4O2. The number of ether oxygens (including phenoxy) is 2. The van der Waals surface area contributed by atoms with Crippen LogP contribution in [0.15, 0.2) is 60.8 Å². The zero-order valence-electron chi connectivity index (χ0n) is 20.4. The van der Waals surface area contributed by atoms with Gasteiger partial charge in [-0.3, -0.25) is 4.98 Å². The third kappa shape index (κ3) is 4.86. The van der Waals surface area contributed by atoms with E-state index in [1.54, 1.807) is 14.2 Å². The van der Waals surface area contributed by atoms with Crippen LogP contribution in [0.4, 0.5) is 0 Å². The van der Waals surface area contributed by atoms with E-state index in [1.807, 2.05) is 55.7 Å². The molecule has 4 aromatic rings. The Morgan fingerprint density at radius 2 is 1.71 bits per heavy atom. The molecule has 0 amide bonds. The maximum Gasteiger partial charge on any atom is 0.218 e. The maximum atomic E-state index is 6.97. The molecule has 0 fully saturated rings. The van der Waals surface area contributed by atoms with Gasteiger partial charge in [0, 0.05) is 47.1 Å². The fourth-order valence-electron chi connectivity index (χ4n) is 4.24. The van der Waals surface area contributed by atoms with Gasteiger partial charge in [0.25, 0.3) is 0 Å². The molecule has 0 bridgehead atoms. The first-order chi connectivity index (χ1) is 17.0. The second-order valence-corrected chi connectivity index (χ2v) is 8.50. The van der Waals surface area contributed by atoms with Crippen molar-refractivity contribution in [1.82, 2.24) is 15.3 Å². The standard InChI is InChI=1S/C28H29ClN4O2/c1-17-21(12-13-32-27(17)18-8-9-20(16-31-2)25(14-18)34-3)22-6-5-7-23(26(22)29)24-11-10-19(15-30)28(33-24)35-4/h5-14,31H,15-16,30H2,1-4H3. The van der Waals surface area contributed by atoms with E-state index in [2.05, 4.69) is 34.3 Å². The van der Waals surface area contributed by atoms with Crippen molar-refractivity contribution < 1.29 is 9.47 Å². The second kappa shape index (κ2) is 10.9. The molecule has 0 radical (unpaired) electrons. The lowest BCUT2D eigenvalue weighted by atomic mass is 9.94. The summed E-state index contributed by atoms with van der Waals surface area (Å²) in [4.78, 5) is 9.32. The summed E-state index contributed by atoms with van der Waals surface area (Å²) >= 11 is 6.97. The third-order valence-electron chi connectivity index (χ3n) is 6.05. The maximum absolute atomic E-state index is 6.97. The van der Waals surface area contributed by atoms with E-state index in [0.717, 1.165) is 62.6 Å². The van der Waals surface area contributed by atoms with Crippen molar-refractivity contribution >= 4 is 11.6 Å². The van der Waals surface area contributed by atoms with Crippen molar-refractivity contribution in [2.24, 2.45) is 5.73 Å². The summed E-state index contributed by atoms with van der Waals surface area (Å²) in [5.41, 5.74) is 14.1. The van der Waals surface area contributed by atoms with Gasteiger partial charge in [0.05, 0.1) is 30.6 Å². The summed E-state index contributed by atoms with van der Waals surface area (Å²) in [5.74, 6) is 1.33. The molecule has 0 saturated carbocycles. The minimum absolute atomic E-state index is 0.351. The molecule has 0 aliphatic rings. The predicted molar refractivity (Wildman–Crippen MR) is 142 cm³/mol. The number of halogens is 1. The number of benzene rings is 2. The van der Waals surface area contributed by atoms with Crippen molar-refractivity contribution in [2.45, 2.75) is 20.0 Å². The van der Waals surface area contributed by atoms with Gasteiger partial charge in [-0.05, 0) is 43.3 Å². The van der Waals surface area contributed by atoms with Crippen LogP contribution in [0.2, 0.25) is 5.02 Å². The second-order valence-electron chi connectivity index (χ2n) is 8.13. The zero-order valence-corrected chi connectivity index (χ0v) is 21.1. The van der Waals surface area contributed by atoms with Crippen LogP contribution in [0.25, 0.3) is 33.6 Å². The molecule has 0 aliphatic carbocycles. The number of hydrogen-bond acceptors (Lipinski definition) is 6. The van der Waals surface area contributed by atoms with Crippen molar-refractivity contribution in [3.8, 4) is 45.3 Å². The van der Waals surface area contributed by atoms with Crippen molar-refractivity contribution in [1.29, 1.82) is 0 Å². The molecule has 2 aromatic carbocycles. The molecule has 180 valence electrons. The lowest BCUT2D eigenvalue weighted by Gasteiger charge is -2.16. The molecule has 0 saturated heterocycles. The normalized spacial score (nSPS) is 10.9. The van der Waals surface area contributed by atoms with Crippen LogP contribution in [-0.4, -0.2) is 31.2 Å². The number of nitrogens with zero attached hydrogens (tertiary/aromatic N) is 2. The SMILES string of the molecule is CNCc1ccc(-c2nccc(-c3cccc(-c4ccc(CN)c(OC)n4)c3Cl)c2C)cc1OC. The van der Waals surface area contributed by atoms with Crippen LogP contribution in [0.1, 0.15) is 16.7 Å². The molecule has 4 rings (SSSR count). The fourth-order valence-corrected chi connectivity index (χ4v) is 4.56.